The average molecular weight is 284 g/mol. The Balaban J connectivity index is 2.10. The van der Waals surface area contributed by atoms with Crippen molar-refractivity contribution >= 4 is 0 Å². The lowest BCUT2D eigenvalue weighted by Crippen LogP contribution is -1.98. The lowest BCUT2D eigenvalue weighted by molar-refractivity contribution is 0.303. The highest BCUT2D eigenvalue weighted by Crippen LogP contribution is 2.18. The first kappa shape index (κ1) is 15.1. The minimum Gasteiger partial charge on any atom is -0.489 e. The van der Waals surface area contributed by atoms with E-state index in [2.05, 4.69) is 11.8 Å². The molecule has 0 saturated heterocycles. The first-order valence-corrected chi connectivity index (χ1v) is 6.76. The Kier molecular flexibility index (Phi) is 5.36. The Hall–Kier alpha value is -2.31. The van der Waals surface area contributed by atoms with Crippen molar-refractivity contribution in [2.75, 3.05) is 6.61 Å². The first-order chi connectivity index (χ1) is 10.2. The van der Waals surface area contributed by atoms with Crippen LogP contribution in [0.3, 0.4) is 0 Å². The highest BCUT2D eigenvalue weighted by Gasteiger charge is 2.02. The third-order valence-electron chi connectivity index (χ3n) is 3.00. The van der Waals surface area contributed by atoms with E-state index in [0.29, 0.717) is 24.3 Å². The van der Waals surface area contributed by atoms with Crippen LogP contribution in [-0.4, -0.2) is 11.7 Å². The minimum atomic E-state index is -0.384. The van der Waals surface area contributed by atoms with Crippen LogP contribution in [0.2, 0.25) is 0 Å². The van der Waals surface area contributed by atoms with Gasteiger partial charge >= 0.3 is 0 Å². The second kappa shape index (κ2) is 7.47. The average Bonchev–Trinajstić information content (AvgIpc) is 2.46. The van der Waals surface area contributed by atoms with E-state index in [1.54, 1.807) is 6.07 Å². The van der Waals surface area contributed by atoms with Crippen LogP contribution in [0.5, 0.6) is 5.75 Å². The number of aliphatic hydroxyl groups excluding tert-OH is 1. The van der Waals surface area contributed by atoms with Crippen LogP contribution in [0.4, 0.5) is 4.39 Å². The van der Waals surface area contributed by atoms with E-state index in [1.807, 2.05) is 31.2 Å². The molecule has 0 radical (unpaired) electrons. The van der Waals surface area contributed by atoms with E-state index in [1.165, 1.54) is 12.1 Å². The lowest BCUT2D eigenvalue weighted by atomic mass is 10.1. The summed E-state index contributed by atoms with van der Waals surface area (Å²) in [6.45, 7) is 2.40. The van der Waals surface area contributed by atoms with Crippen molar-refractivity contribution in [1.82, 2.24) is 0 Å². The van der Waals surface area contributed by atoms with Crippen LogP contribution in [-0.2, 0) is 6.61 Å². The molecule has 0 aromatic heterocycles. The molecule has 0 aliphatic rings. The van der Waals surface area contributed by atoms with Gasteiger partial charge < -0.3 is 9.84 Å². The molecule has 1 N–H and O–H groups in total. The number of benzene rings is 2. The summed E-state index contributed by atoms with van der Waals surface area (Å²) in [5.74, 6) is 5.64. The molecule has 0 spiro atoms. The number of ether oxygens (including phenoxy) is 1. The van der Waals surface area contributed by atoms with Gasteiger partial charge in [0, 0.05) is 18.1 Å². The topological polar surface area (TPSA) is 29.5 Å². The molecule has 0 saturated carbocycles. The molecular weight excluding hydrogens is 267 g/mol. The summed E-state index contributed by atoms with van der Waals surface area (Å²) in [7, 11) is 0. The van der Waals surface area contributed by atoms with Gasteiger partial charge in [0.05, 0.1) is 6.61 Å². The second-order valence-corrected chi connectivity index (χ2v) is 4.67. The largest absolute Gasteiger partial charge is 0.489 e. The van der Waals surface area contributed by atoms with E-state index in [4.69, 9.17) is 9.84 Å². The highest BCUT2D eigenvalue weighted by molar-refractivity contribution is 5.40. The fourth-order valence-electron chi connectivity index (χ4n) is 1.87. The number of aliphatic hydroxyl groups is 1. The van der Waals surface area contributed by atoms with E-state index in [0.717, 1.165) is 11.1 Å². The third kappa shape index (κ3) is 4.62. The molecule has 0 amide bonds. The first-order valence-electron chi connectivity index (χ1n) is 6.76. The molecule has 3 heteroatoms. The summed E-state index contributed by atoms with van der Waals surface area (Å²) in [6.07, 6.45) is 0.371. The zero-order valence-corrected chi connectivity index (χ0v) is 11.9. The summed E-state index contributed by atoms with van der Waals surface area (Å²) in [6, 6.07) is 12.3. The van der Waals surface area contributed by atoms with Crippen molar-refractivity contribution < 1.29 is 14.2 Å². The third-order valence-corrected chi connectivity index (χ3v) is 3.00. The van der Waals surface area contributed by atoms with Crippen LogP contribution >= 0.6 is 0 Å². The molecule has 21 heavy (non-hydrogen) atoms. The zero-order valence-electron chi connectivity index (χ0n) is 11.9. The second-order valence-electron chi connectivity index (χ2n) is 4.67. The Morgan fingerprint density at radius 1 is 1.19 bits per heavy atom. The van der Waals surface area contributed by atoms with Gasteiger partial charge in [0.25, 0.3) is 0 Å². The molecule has 2 nitrogen and oxygen atoms in total. The molecule has 2 aromatic carbocycles. The number of rotatable bonds is 4. The molecule has 0 aliphatic heterocycles. The molecule has 0 atom stereocenters. The summed E-state index contributed by atoms with van der Waals surface area (Å²) < 4.78 is 19.2. The van der Waals surface area contributed by atoms with Gasteiger partial charge in [-0.25, -0.2) is 4.39 Å². The van der Waals surface area contributed by atoms with Gasteiger partial charge in [0.2, 0.25) is 0 Å². The summed E-state index contributed by atoms with van der Waals surface area (Å²) in [4.78, 5) is 0. The van der Waals surface area contributed by atoms with Crippen molar-refractivity contribution in [3.05, 3.63) is 65.0 Å². The normalized spacial score (nSPS) is 9.86. The van der Waals surface area contributed by atoms with Crippen LogP contribution in [0.25, 0.3) is 0 Å². The predicted molar refractivity (Wildman–Crippen MR) is 80.5 cm³/mol. The molecule has 2 aromatic rings. The van der Waals surface area contributed by atoms with Gasteiger partial charge in [0.1, 0.15) is 18.2 Å². The van der Waals surface area contributed by atoms with Gasteiger partial charge in [0.15, 0.2) is 0 Å². The predicted octanol–water partition coefficient (Wildman–Crippen LogP) is 3.45. The monoisotopic (exact) mass is 284 g/mol. The maximum absolute atomic E-state index is 13.5. The number of hydrogen-bond acceptors (Lipinski definition) is 2. The van der Waals surface area contributed by atoms with Crippen molar-refractivity contribution in [1.29, 1.82) is 0 Å². The zero-order chi connectivity index (χ0) is 15.1. The van der Waals surface area contributed by atoms with Gasteiger partial charge in [-0.05, 0) is 30.2 Å². The van der Waals surface area contributed by atoms with E-state index >= 15 is 0 Å². The Labute approximate surface area is 124 Å². The van der Waals surface area contributed by atoms with Crippen molar-refractivity contribution in [3.63, 3.8) is 0 Å². The van der Waals surface area contributed by atoms with Gasteiger partial charge in [-0.3, -0.25) is 0 Å². The minimum absolute atomic E-state index is 0.00103. The van der Waals surface area contributed by atoms with Crippen molar-refractivity contribution in [3.8, 4) is 17.6 Å². The Bertz CT molecular complexity index is 668. The van der Waals surface area contributed by atoms with Crippen LogP contribution < -0.4 is 4.74 Å². The Morgan fingerprint density at radius 2 is 2.00 bits per heavy atom. The van der Waals surface area contributed by atoms with Gasteiger partial charge in [-0.2, -0.15) is 0 Å². The summed E-state index contributed by atoms with van der Waals surface area (Å²) in [5, 5.41) is 8.69. The van der Waals surface area contributed by atoms with E-state index < -0.39 is 0 Å². The fourth-order valence-corrected chi connectivity index (χ4v) is 1.87. The molecule has 0 aliphatic carbocycles. The highest BCUT2D eigenvalue weighted by atomic mass is 19.1. The number of hydrogen-bond donors (Lipinski definition) is 1. The van der Waals surface area contributed by atoms with Crippen molar-refractivity contribution in [2.45, 2.75) is 20.0 Å². The molecule has 2 rings (SSSR count). The van der Waals surface area contributed by atoms with Gasteiger partial charge in [-0.1, -0.05) is 36.1 Å². The SMILES string of the molecule is Cc1ccccc1COc1cc(F)cc(C#CCCO)c1. The number of aryl methyl sites for hydroxylation is 1. The van der Waals surface area contributed by atoms with E-state index in [-0.39, 0.29) is 12.4 Å². The van der Waals surface area contributed by atoms with E-state index in [9.17, 15) is 4.39 Å². The molecular formula is C18H17FO2. The summed E-state index contributed by atoms with van der Waals surface area (Å²) in [5.41, 5.74) is 2.75. The number of halogens is 1. The molecule has 0 bridgehead atoms. The molecule has 0 unspecified atom stereocenters. The Morgan fingerprint density at radius 3 is 2.76 bits per heavy atom. The van der Waals surface area contributed by atoms with Crippen molar-refractivity contribution in [2.24, 2.45) is 0 Å². The molecule has 108 valence electrons. The quantitative estimate of drug-likeness (QED) is 0.871. The summed E-state index contributed by atoms with van der Waals surface area (Å²) >= 11 is 0. The van der Waals surface area contributed by atoms with Crippen LogP contribution in [0.15, 0.2) is 42.5 Å². The maximum Gasteiger partial charge on any atom is 0.128 e. The van der Waals surface area contributed by atoms with Crippen LogP contribution in [0.1, 0.15) is 23.1 Å². The smallest absolute Gasteiger partial charge is 0.128 e. The molecule has 0 heterocycles. The molecule has 0 fully saturated rings. The lowest BCUT2D eigenvalue weighted by Gasteiger charge is -2.09. The fraction of sp³-hybridized carbons (Fsp3) is 0.222. The standard InChI is InChI=1S/C18H17FO2/c1-14-6-2-3-8-16(14)13-21-18-11-15(7-4-5-9-20)10-17(19)12-18/h2-3,6,8,10-12,20H,5,9,13H2,1H3. The maximum atomic E-state index is 13.5. The van der Waals surface area contributed by atoms with Gasteiger partial charge in [-0.15, -0.1) is 0 Å². The van der Waals surface area contributed by atoms with Crippen LogP contribution in [0, 0.1) is 24.6 Å².